The number of carbonyl (C=O) groups excluding carboxylic acids is 1. The lowest BCUT2D eigenvalue weighted by Crippen LogP contribution is -2.50. The van der Waals surface area contributed by atoms with Gasteiger partial charge in [0, 0.05) is 52.4 Å². The first kappa shape index (κ1) is 20.3. The van der Waals surface area contributed by atoms with E-state index in [-0.39, 0.29) is 10.8 Å². The molecule has 4 rings (SSSR count). The number of sulfonamides is 1. The van der Waals surface area contributed by atoms with E-state index in [2.05, 4.69) is 4.90 Å². The Morgan fingerprint density at radius 1 is 1.07 bits per heavy atom. The van der Waals surface area contributed by atoms with E-state index in [4.69, 9.17) is 4.74 Å². The van der Waals surface area contributed by atoms with Gasteiger partial charge in [0.2, 0.25) is 10.0 Å². The van der Waals surface area contributed by atoms with Crippen LogP contribution in [0.5, 0.6) is 0 Å². The Labute approximate surface area is 171 Å². The molecule has 1 aromatic heterocycles. The lowest BCUT2D eigenvalue weighted by atomic mass is 10.2. The van der Waals surface area contributed by atoms with Gasteiger partial charge in [-0.25, -0.2) is 8.42 Å². The number of piperazine rings is 1. The number of thiophene rings is 1. The van der Waals surface area contributed by atoms with Crippen LogP contribution in [-0.4, -0.2) is 87.0 Å². The number of amides is 1. The van der Waals surface area contributed by atoms with Crippen LogP contribution in [0.15, 0.2) is 16.3 Å². The van der Waals surface area contributed by atoms with Gasteiger partial charge in [-0.3, -0.25) is 9.69 Å². The molecule has 156 valence electrons. The number of nitrogens with zero attached hydrogens (tertiary/aromatic N) is 3. The zero-order valence-electron chi connectivity index (χ0n) is 16.2. The summed E-state index contributed by atoms with van der Waals surface area (Å²) < 4.78 is 33.3. The second-order valence-electron chi connectivity index (χ2n) is 7.81. The van der Waals surface area contributed by atoms with Crippen molar-refractivity contribution in [3.63, 3.8) is 0 Å². The third-order valence-electron chi connectivity index (χ3n) is 5.90. The highest BCUT2D eigenvalue weighted by Crippen LogP contribution is 2.28. The first-order chi connectivity index (χ1) is 13.6. The van der Waals surface area contributed by atoms with Crippen LogP contribution in [0.25, 0.3) is 0 Å². The third kappa shape index (κ3) is 4.28. The summed E-state index contributed by atoms with van der Waals surface area (Å²) in [4.78, 5) is 17.8. The molecule has 0 spiro atoms. The van der Waals surface area contributed by atoms with Crippen molar-refractivity contribution in [1.82, 2.24) is 14.1 Å². The molecule has 3 aliphatic rings. The van der Waals surface area contributed by atoms with E-state index in [0.29, 0.717) is 37.2 Å². The first-order valence-corrected chi connectivity index (χ1v) is 12.6. The van der Waals surface area contributed by atoms with Crippen LogP contribution < -0.4 is 0 Å². The fourth-order valence-corrected chi connectivity index (χ4v) is 7.13. The van der Waals surface area contributed by atoms with Crippen molar-refractivity contribution in [2.75, 3.05) is 52.4 Å². The molecule has 28 heavy (non-hydrogen) atoms. The Hall–Kier alpha value is -1.00. The van der Waals surface area contributed by atoms with Crippen molar-refractivity contribution in [3.8, 4) is 0 Å². The normalized spacial score (nSPS) is 25.3. The minimum atomic E-state index is -3.59. The van der Waals surface area contributed by atoms with Gasteiger partial charge in [0.1, 0.15) is 9.77 Å². The molecule has 9 heteroatoms. The van der Waals surface area contributed by atoms with Crippen molar-refractivity contribution >= 4 is 27.3 Å². The SMILES string of the molecule is O=C(c1sccc1S(=O)(=O)N1CCCCC1)N1CCN(CC2CCCO2)CC1. The van der Waals surface area contributed by atoms with Crippen LogP contribution in [0.3, 0.4) is 0 Å². The van der Waals surface area contributed by atoms with E-state index in [1.54, 1.807) is 16.3 Å². The molecular formula is C19H29N3O4S2. The lowest BCUT2D eigenvalue weighted by Gasteiger charge is -2.35. The molecule has 7 nitrogen and oxygen atoms in total. The number of piperidine rings is 1. The molecule has 3 saturated heterocycles. The predicted molar refractivity (Wildman–Crippen MR) is 108 cm³/mol. The number of hydrogen-bond acceptors (Lipinski definition) is 6. The summed E-state index contributed by atoms with van der Waals surface area (Å²) in [7, 11) is -3.59. The zero-order chi connectivity index (χ0) is 19.6. The second kappa shape index (κ2) is 8.79. The van der Waals surface area contributed by atoms with E-state index in [0.717, 1.165) is 58.3 Å². The number of carbonyl (C=O) groups is 1. The van der Waals surface area contributed by atoms with Crippen LogP contribution in [-0.2, 0) is 14.8 Å². The number of rotatable bonds is 5. The molecule has 3 aliphatic heterocycles. The third-order valence-corrected chi connectivity index (χ3v) is 8.87. The quantitative estimate of drug-likeness (QED) is 0.717. The molecule has 0 aromatic carbocycles. The molecule has 1 unspecified atom stereocenters. The van der Waals surface area contributed by atoms with Gasteiger partial charge in [-0.05, 0) is 37.1 Å². The van der Waals surface area contributed by atoms with Crippen LogP contribution in [0, 0.1) is 0 Å². The van der Waals surface area contributed by atoms with E-state index in [1.165, 1.54) is 15.6 Å². The van der Waals surface area contributed by atoms with Gasteiger partial charge < -0.3 is 9.64 Å². The van der Waals surface area contributed by atoms with Gasteiger partial charge >= 0.3 is 0 Å². The molecule has 0 N–H and O–H groups in total. The fourth-order valence-electron chi connectivity index (χ4n) is 4.25. The van der Waals surface area contributed by atoms with E-state index < -0.39 is 10.0 Å². The van der Waals surface area contributed by atoms with Gasteiger partial charge in [0.15, 0.2) is 0 Å². The van der Waals surface area contributed by atoms with Gasteiger partial charge in [0.05, 0.1) is 6.10 Å². The maximum Gasteiger partial charge on any atom is 0.265 e. The Balaban J connectivity index is 1.40. The monoisotopic (exact) mass is 427 g/mol. The Morgan fingerprint density at radius 3 is 2.50 bits per heavy atom. The lowest BCUT2D eigenvalue weighted by molar-refractivity contribution is 0.0433. The van der Waals surface area contributed by atoms with Gasteiger partial charge in [0.25, 0.3) is 5.91 Å². The molecule has 0 saturated carbocycles. The molecule has 0 radical (unpaired) electrons. The highest BCUT2D eigenvalue weighted by Gasteiger charge is 2.33. The summed E-state index contributed by atoms with van der Waals surface area (Å²) in [6, 6.07) is 1.59. The summed E-state index contributed by atoms with van der Waals surface area (Å²) in [5.74, 6) is -0.151. The van der Waals surface area contributed by atoms with Crippen molar-refractivity contribution in [2.45, 2.75) is 43.1 Å². The smallest absolute Gasteiger partial charge is 0.265 e. The van der Waals surface area contributed by atoms with Gasteiger partial charge in [-0.15, -0.1) is 11.3 Å². The van der Waals surface area contributed by atoms with E-state index >= 15 is 0 Å². The van der Waals surface area contributed by atoms with Crippen molar-refractivity contribution in [1.29, 1.82) is 0 Å². The number of hydrogen-bond donors (Lipinski definition) is 0. The second-order valence-corrected chi connectivity index (χ2v) is 10.6. The highest BCUT2D eigenvalue weighted by atomic mass is 32.2. The zero-order valence-corrected chi connectivity index (χ0v) is 17.8. The molecule has 1 atom stereocenters. The van der Waals surface area contributed by atoms with Gasteiger partial charge in [-0.2, -0.15) is 4.31 Å². The van der Waals surface area contributed by atoms with Crippen LogP contribution in [0.1, 0.15) is 41.8 Å². The highest BCUT2D eigenvalue weighted by molar-refractivity contribution is 7.89. The molecule has 1 aromatic rings. The van der Waals surface area contributed by atoms with E-state index in [9.17, 15) is 13.2 Å². The topological polar surface area (TPSA) is 70.2 Å². The molecule has 0 aliphatic carbocycles. The van der Waals surface area contributed by atoms with E-state index in [1.807, 2.05) is 0 Å². The average molecular weight is 428 g/mol. The largest absolute Gasteiger partial charge is 0.377 e. The predicted octanol–water partition coefficient (Wildman–Crippen LogP) is 1.86. The van der Waals surface area contributed by atoms with Crippen molar-refractivity contribution in [3.05, 3.63) is 16.3 Å². The fraction of sp³-hybridized carbons (Fsp3) is 0.737. The maximum absolute atomic E-state index is 13.1. The Kier molecular flexibility index (Phi) is 6.37. The summed E-state index contributed by atoms with van der Waals surface area (Å²) in [5.41, 5.74) is 0. The number of ether oxygens (including phenoxy) is 1. The minimum Gasteiger partial charge on any atom is -0.377 e. The molecule has 3 fully saturated rings. The molecule has 1 amide bonds. The standard InChI is InChI=1S/C19H29N3O4S2/c23-19(21-11-9-20(10-12-21)15-16-5-4-13-26-16)18-17(6-14-27-18)28(24,25)22-7-2-1-3-8-22/h6,14,16H,1-5,7-13,15H2. The summed E-state index contributed by atoms with van der Waals surface area (Å²) >= 11 is 1.24. The maximum atomic E-state index is 13.1. The minimum absolute atomic E-state index is 0.151. The molecular weight excluding hydrogens is 398 g/mol. The summed E-state index contributed by atoms with van der Waals surface area (Å²) in [6.45, 7) is 5.77. The molecule has 0 bridgehead atoms. The van der Waals surface area contributed by atoms with Crippen LogP contribution in [0.2, 0.25) is 0 Å². The van der Waals surface area contributed by atoms with Gasteiger partial charge in [-0.1, -0.05) is 6.42 Å². The van der Waals surface area contributed by atoms with Crippen molar-refractivity contribution < 1.29 is 17.9 Å². The van der Waals surface area contributed by atoms with Crippen molar-refractivity contribution in [2.24, 2.45) is 0 Å². The first-order valence-electron chi connectivity index (χ1n) is 10.3. The van der Waals surface area contributed by atoms with Crippen LogP contribution >= 0.6 is 11.3 Å². The average Bonchev–Trinajstić information content (AvgIpc) is 3.41. The Bertz CT molecular complexity index is 775. The summed E-state index contributed by atoms with van der Waals surface area (Å²) in [6.07, 6.45) is 5.42. The molecule has 4 heterocycles. The van der Waals surface area contributed by atoms with Crippen LogP contribution in [0.4, 0.5) is 0 Å². The Morgan fingerprint density at radius 2 is 1.82 bits per heavy atom. The summed E-state index contributed by atoms with van der Waals surface area (Å²) in [5, 5.41) is 1.72.